The van der Waals surface area contributed by atoms with E-state index in [1.807, 2.05) is 18.2 Å². The van der Waals surface area contributed by atoms with E-state index in [-0.39, 0.29) is 5.75 Å². The molecule has 0 unspecified atom stereocenters. The van der Waals surface area contributed by atoms with E-state index in [0.717, 1.165) is 10.1 Å². The van der Waals surface area contributed by atoms with Gasteiger partial charge >= 0.3 is 0 Å². The molecule has 0 saturated heterocycles. The monoisotopic (exact) mass is 200 g/mol. The maximum Gasteiger partial charge on any atom is 0.133 e. The van der Waals surface area contributed by atoms with Crippen molar-refractivity contribution in [3.8, 4) is 5.75 Å². The molecule has 3 aromatic rings. The van der Waals surface area contributed by atoms with Gasteiger partial charge in [-0.15, -0.1) is 0 Å². The summed E-state index contributed by atoms with van der Waals surface area (Å²) in [4.78, 5) is 4.01. The number of nitrogens with zero attached hydrogens (tertiary/aromatic N) is 2. The maximum absolute atomic E-state index is 9.76. The number of fused-ring (bicyclic) bond motifs is 3. The Balaban J connectivity index is 2.68. The molecule has 2 aromatic carbocycles. The highest BCUT2D eigenvalue weighted by Crippen LogP contribution is 2.30. The predicted octanol–water partition coefficient (Wildman–Crippen LogP) is 2.13. The Kier molecular flexibility index (Phi) is 1.42. The number of phenolic OH excluding ortho intramolecular Hbond substituents is 1. The van der Waals surface area contributed by atoms with Crippen LogP contribution in [-0.2, 0) is 0 Å². The minimum absolute atomic E-state index is 0.147. The van der Waals surface area contributed by atoms with Crippen LogP contribution in [0.2, 0.25) is 0 Å². The van der Waals surface area contributed by atoms with Crippen LogP contribution in [0.15, 0.2) is 36.7 Å². The zero-order chi connectivity index (χ0) is 10.4. The van der Waals surface area contributed by atoms with Crippen molar-refractivity contribution >= 4 is 21.8 Å². The molecule has 0 aliphatic carbocycles. The van der Waals surface area contributed by atoms with E-state index < -0.39 is 0 Å². The summed E-state index contributed by atoms with van der Waals surface area (Å²) in [6, 6.07) is 8.91. The van der Waals surface area contributed by atoms with E-state index in [4.69, 9.17) is 0 Å². The molecule has 0 aliphatic rings. The van der Waals surface area contributed by atoms with Gasteiger partial charge in [0.1, 0.15) is 17.6 Å². The van der Waals surface area contributed by atoms with Crippen LogP contribution in [0.1, 0.15) is 0 Å². The molecular formula is C11H8N2O2. The molecule has 74 valence electrons. The number of phenols is 1. The summed E-state index contributed by atoms with van der Waals surface area (Å²) >= 11 is 0. The van der Waals surface area contributed by atoms with Crippen molar-refractivity contribution < 1.29 is 10.3 Å². The highest BCUT2D eigenvalue weighted by Gasteiger charge is 2.09. The van der Waals surface area contributed by atoms with E-state index in [0.29, 0.717) is 16.4 Å². The van der Waals surface area contributed by atoms with Crippen LogP contribution in [0.5, 0.6) is 5.75 Å². The minimum Gasteiger partial charge on any atom is -0.507 e. The van der Waals surface area contributed by atoms with Crippen molar-refractivity contribution in [2.24, 2.45) is 0 Å². The van der Waals surface area contributed by atoms with Gasteiger partial charge in [0, 0.05) is 0 Å². The molecule has 0 fully saturated rings. The van der Waals surface area contributed by atoms with Crippen LogP contribution in [0.3, 0.4) is 0 Å². The van der Waals surface area contributed by atoms with Crippen molar-refractivity contribution in [2.75, 3.05) is 0 Å². The van der Waals surface area contributed by atoms with E-state index in [1.165, 1.54) is 6.33 Å². The molecule has 1 heterocycles. The fraction of sp³-hybridized carbons (Fsp3) is 0. The average molecular weight is 200 g/mol. The number of hydrogen-bond donors (Lipinski definition) is 2. The molecule has 15 heavy (non-hydrogen) atoms. The molecule has 3 rings (SSSR count). The summed E-state index contributed by atoms with van der Waals surface area (Å²) in [5.74, 6) is 0.147. The first-order chi connectivity index (χ1) is 7.27. The average Bonchev–Trinajstić information content (AvgIpc) is 2.61. The number of hydrogen-bond acceptors (Lipinski definition) is 3. The zero-order valence-corrected chi connectivity index (χ0v) is 7.75. The molecule has 4 heteroatoms. The molecule has 4 nitrogen and oxygen atoms in total. The van der Waals surface area contributed by atoms with Crippen LogP contribution in [0.4, 0.5) is 0 Å². The van der Waals surface area contributed by atoms with Gasteiger partial charge in [-0.1, -0.05) is 18.2 Å². The van der Waals surface area contributed by atoms with Crippen molar-refractivity contribution in [3.63, 3.8) is 0 Å². The van der Waals surface area contributed by atoms with Gasteiger partial charge in [-0.2, -0.15) is 4.73 Å². The summed E-state index contributed by atoms with van der Waals surface area (Å²) in [5.41, 5.74) is 1.19. The molecular weight excluding hydrogens is 192 g/mol. The molecule has 0 aliphatic heterocycles. The Morgan fingerprint density at radius 1 is 1.13 bits per heavy atom. The second-order valence-electron chi connectivity index (χ2n) is 3.40. The van der Waals surface area contributed by atoms with Crippen LogP contribution >= 0.6 is 0 Å². The smallest absolute Gasteiger partial charge is 0.133 e. The lowest BCUT2D eigenvalue weighted by Crippen LogP contribution is -1.87. The fourth-order valence-electron chi connectivity index (χ4n) is 1.84. The topological polar surface area (TPSA) is 58.3 Å². The molecule has 0 radical (unpaired) electrons. The quantitative estimate of drug-likeness (QED) is 0.546. The van der Waals surface area contributed by atoms with Gasteiger partial charge in [-0.25, -0.2) is 4.98 Å². The normalized spacial score (nSPS) is 11.2. The first-order valence-corrected chi connectivity index (χ1v) is 4.54. The predicted molar refractivity (Wildman–Crippen MR) is 56.1 cm³/mol. The lowest BCUT2D eigenvalue weighted by atomic mass is 10.1. The lowest BCUT2D eigenvalue weighted by molar-refractivity contribution is 0.198. The third-order valence-electron chi connectivity index (χ3n) is 2.51. The van der Waals surface area contributed by atoms with Crippen molar-refractivity contribution in [3.05, 3.63) is 36.7 Å². The SMILES string of the molecule is Oc1cccc2ccc3ncn(O)c3c12. The minimum atomic E-state index is 0.147. The number of aromatic hydroxyl groups is 1. The van der Waals surface area contributed by atoms with Crippen LogP contribution in [0.25, 0.3) is 21.8 Å². The molecule has 0 spiro atoms. The summed E-state index contributed by atoms with van der Waals surface area (Å²) in [5, 5.41) is 20.8. The first-order valence-electron chi connectivity index (χ1n) is 4.54. The maximum atomic E-state index is 9.76. The van der Waals surface area contributed by atoms with Gasteiger partial charge in [0.25, 0.3) is 0 Å². The summed E-state index contributed by atoms with van der Waals surface area (Å²) in [6.45, 7) is 0. The highest BCUT2D eigenvalue weighted by atomic mass is 16.5. The first kappa shape index (κ1) is 8.11. The van der Waals surface area contributed by atoms with Crippen LogP contribution in [0, 0.1) is 0 Å². The summed E-state index contributed by atoms with van der Waals surface area (Å²) in [6.07, 6.45) is 1.32. The highest BCUT2D eigenvalue weighted by molar-refractivity contribution is 6.07. The van der Waals surface area contributed by atoms with E-state index >= 15 is 0 Å². The Bertz CT molecular complexity index is 658. The van der Waals surface area contributed by atoms with Gasteiger partial charge in [0.2, 0.25) is 0 Å². The summed E-state index contributed by atoms with van der Waals surface area (Å²) < 4.78 is 0.928. The van der Waals surface area contributed by atoms with Crippen molar-refractivity contribution in [1.82, 2.24) is 9.71 Å². The molecule has 0 atom stereocenters. The van der Waals surface area contributed by atoms with Crippen LogP contribution < -0.4 is 0 Å². The Hall–Kier alpha value is -2.23. The van der Waals surface area contributed by atoms with E-state index in [9.17, 15) is 10.3 Å². The summed E-state index contributed by atoms with van der Waals surface area (Å²) in [7, 11) is 0. The second kappa shape index (κ2) is 2.63. The Labute approximate surface area is 85.0 Å². The third-order valence-corrected chi connectivity index (χ3v) is 2.51. The number of benzene rings is 2. The van der Waals surface area contributed by atoms with Gasteiger partial charge in [0.05, 0.1) is 10.9 Å². The van der Waals surface area contributed by atoms with E-state index in [1.54, 1.807) is 12.1 Å². The third kappa shape index (κ3) is 0.985. The number of imidazole rings is 1. The van der Waals surface area contributed by atoms with E-state index in [2.05, 4.69) is 4.98 Å². The molecule has 0 amide bonds. The molecule has 0 bridgehead atoms. The second-order valence-corrected chi connectivity index (χ2v) is 3.40. The molecule has 2 N–H and O–H groups in total. The zero-order valence-electron chi connectivity index (χ0n) is 7.75. The molecule has 1 aromatic heterocycles. The van der Waals surface area contributed by atoms with Crippen LogP contribution in [-0.4, -0.2) is 20.0 Å². The molecule has 0 saturated carbocycles. The number of aromatic nitrogens is 2. The van der Waals surface area contributed by atoms with Gasteiger partial charge in [-0.3, -0.25) is 0 Å². The standard InChI is InChI=1S/C11H8N2O2/c14-9-3-1-2-7-4-5-8-11(10(7)9)13(15)6-12-8/h1-6,14-15H. The Morgan fingerprint density at radius 2 is 2.00 bits per heavy atom. The van der Waals surface area contributed by atoms with Gasteiger partial charge in [0.15, 0.2) is 0 Å². The van der Waals surface area contributed by atoms with Gasteiger partial charge in [-0.05, 0) is 17.5 Å². The fourth-order valence-corrected chi connectivity index (χ4v) is 1.84. The lowest BCUT2D eigenvalue weighted by Gasteiger charge is -2.02. The van der Waals surface area contributed by atoms with Gasteiger partial charge < -0.3 is 10.3 Å². The van der Waals surface area contributed by atoms with Crippen molar-refractivity contribution in [1.29, 1.82) is 0 Å². The largest absolute Gasteiger partial charge is 0.507 e. The van der Waals surface area contributed by atoms with Crippen molar-refractivity contribution in [2.45, 2.75) is 0 Å². The number of rotatable bonds is 0. The Morgan fingerprint density at radius 3 is 2.87 bits per heavy atom.